The highest BCUT2D eigenvalue weighted by Crippen LogP contribution is 2.22. The maximum atomic E-state index is 12.3. The monoisotopic (exact) mass is 412 g/mol. The summed E-state index contributed by atoms with van der Waals surface area (Å²) in [6, 6.07) is 14.1. The molecule has 0 aliphatic carbocycles. The minimum atomic E-state index is -0.430. The summed E-state index contributed by atoms with van der Waals surface area (Å²) in [7, 11) is 0. The number of benzene rings is 2. The fraction of sp³-hybridized carbons (Fsp3) is 0.409. The lowest BCUT2D eigenvalue weighted by atomic mass is 10.1. The SMILES string of the molecule is C[C@H]1CN(Cc2ccc(C(=O)NCCNc3ccccc3[N+](=O)[O-])cc2)C[C@H](C)O1. The van der Waals surface area contributed by atoms with Gasteiger partial charge in [0.2, 0.25) is 0 Å². The van der Waals surface area contributed by atoms with Crippen molar-refractivity contribution in [2.24, 2.45) is 0 Å². The van der Waals surface area contributed by atoms with Gasteiger partial charge >= 0.3 is 0 Å². The van der Waals surface area contributed by atoms with Crippen LogP contribution >= 0.6 is 0 Å². The molecule has 2 atom stereocenters. The maximum absolute atomic E-state index is 12.3. The number of nitrogens with zero attached hydrogens (tertiary/aromatic N) is 2. The molecule has 2 aromatic rings. The number of morpholine rings is 1. The van der Waals surface area contributed by atoms with E-state index in [1.165, 1.54) is 6.07 Å². The number of para-hydroxylation sites is 2. The molecule has 8 heteroatoms. The molecule has 0 radical (unpaired) electrons. The number of carbonyl (C=O) groups is 1. The van der Waals surface area contributed by atoms with Crippen LogP contribution in [0, 0.1) is 10.1 Å². The van der Waals surface area contributed by atoms with Gasteiger partial charge in [0.05, 0.1) is 17.1 Å². The van der Waals surface area contributed by atoms with Gasteiger partial charge in [-0.25, -0.2) is 0 Å². The summed E-state index contributed by atoms with van der Waals surface area (Å²) in [5.74, 6) is -0.167. The standard InChI is InChI=1S/C22H28N4O4/c1-16-13-25(14-17(2)30-16)15-18-7-9-19(10-8-18)22(27)24-12-11-23-20-5-3-4-6-21(20)26(28)29/h3-10,16-17,23H,11-15H2,1-2H3,(H,24,27)/t16-,17-/m0/s1. The van der Waals surface area contributed by atoms with Crippen LogP contribution in [0.2, 0.25) is 0 Å². The van der Waals surface area contributed by atoms with E-state index in [1.807, 2.05) is 24.3 Å². The molecule has 0 unspecified atom stereocenters. The van der Waals surface area contributed by atoms with Crippen LogP contribution in [0.15, 0.2) is 48.5 Å². The molecule has 0 saturated carbocycles. The van der Waals surface area contributed by atoms with Crippen molar-refractivity contribution in [1.29, 1.82) is 0 Å². The molecule has 1 saturated heterocycles. The van der Waals surface area contributed by atoms with E-state index in [0.29, 0.717) is 24.3 Å². The van der Waals surface area contributed by atoms with Crippen molar-refractivity contribution in [1.82, 2.24) is 10.2 Å². The normalized spacial score (nSPS) is 19.3. The summed E-state index contributed by atoms with van der Waals surface area (Å²) < 4.78 is 5.76. The van der Waals surface area contributed by atoms with Gasteiger partial charge in [0, 0.05) is 44.4 Å². The number of nitro benzene ring substituents is 1. The number of carbonyl (C=O) groups excluding carboxylic acids is 1. The van der Waals surface area contributed by atoms with Crippen molar-refractivity contribution in [3.8, 4) is 0 Å². The third-order valence-corrected chi connectivity index (χ3v) is 4.94. The Morgan fingerprint density at radius 2 is 1.77 bits per heavy atom. The Hall–Kier alpha value is -2.97. The lowest BCUT2D eigenvalue weighted by Gasteiger charge is -2.35. The first-order chi connectivity index (χ1) is 14.4. The molecule has 1 aliphatic rings. The van der Waals surface area contributed by atoms with Gasteiger partial charge < -0.3 is 15.4 Å². The van der Waals surface area contributed by atoms with Crippen LogP contribution in [-0.2, 0) is 11.3 Å². The molecule has 1 fully saturated rings. The topological polar surface area (TPSA) is 96.7 Å². The minimum absolute atomic E-state index is 0.0171. The number of rotatable bonds is 8. The molecule has 8 nitrogen and oxygen atoms in total. The molecule has 1 amide bonds. The van der Waals surface area contributed by atoms with Crippen molar-refractivity contribution in [3.05, 3.63) is 69.8 Å². The van der Waals surface area contributed by atoms with Gasteiger partial charge in [0.15, 0.2) is 0 Å². The average molecular weight is 412 g/mol. The number of ether oxygens (including phenoxy) is 1. The fourth-order valence-electron chi connectivity index (χ4n) is 3.69. The van der Waals surface area contributed by atoms with E-state index in [9.17, 15) is 14.9 Å². The van der Waals surface area contributed by atoms with Gasteiger partial charge in [-0.15, -0.1) is 0 Å². The molecule has 2 aromatic carbocycles. The molecular weight excluding hydrogens is 384 g/mol. The molecule has 160 valence electrons. The average Bonchev–Trinajstić information content (AvgIpc) is 2.71. The Kier molecular flexibility index (Phi) is 7.37. The highest BCUT2D eigenvalue weighted by molar-refractivity contribution is 5.94. The summed E-state index contributed by atoms with van der Waals surface area (Å²) in [5, 5.41) is 16.8. The molecular formula is C22H28N4O4. The zero-order valence-corrected chi connectivity index (χ0v) is 17.3. The first kappa shape index (κ1) is 21.7. The van der Waals surface area contributed by atoms with E-state index in [0.717, 1.165) is 25.2 Å². The van der Waals surface area contributed by atoms with Crippen LogP contribution in [0.4, 0.5) is 11.4 Å². The van der Waals surface area contributed by atoms with E-state index >= 15 is 0 Å². The summed E-state index contributed by atoms with van der Waals surface area (Å²) >= 11 is 0. The first-order valence-corrected chi connectivity index (χ1v) is 10.1. The summed E-state index contributed by atoms with van der Waals surface area (Å²) in [6.45, 7) is 7.55. The van der Waals surface area contributed by atoms with E-state index in [-0.39, 0.29) is 23.8 Å². The Labute approximate surface area is 176 Å². The molecule has 1 heterocycles. The highest BCUT2D eigenvalue weighted by Gasteiger charge is 2.22. The molecule has 30 heavy (non-hydrogen) atoms. The molecule has 1 aliphatic heterocycles. The maximum Gasteiger partial charge on any atom is 0.292 e. The Morgan fingerprint density at radius 1 is 1.10 bits per heavy atom. The van der Waals surface area contributed by atoms with Crippen molar-refractivity contribution >= 4 is 17.3 Å². The van der Waals surface area contributed by atoms with Crippen molar-refractivity contribution < 1.29 is 14.5 Å². The molecule has 0 bridgehead atoms. The van der Waals surface area contributed by atoms with Crippen LogP contribution < -0.4 is 10.6 Å². The van der Waals surface area contributed by atoms with Gasteiger partial charge in [0.25, 0.3) is 11.6 Å². The second kappa shape index (κ2) is 10.2. The van der Waals surface area contributed by atoms with Crippen LogP contribution in [-0.4, -0.2) is 54.1 Å². The first-order valence-electron chi connectivity index (χ1n) is 10.1. The molecule has 2 N–H and O–H groups in total. The van der Waals surface area contributed by atoms with Gasteiger partial charge in [-0.1, -0.05) is 24.3 Å². The van der Waals surface area contributed by atoms with Gasteiger partial charge in [-0.3, -0.25) is 19.8 Å². The number of nitrogens with one attached hydrogen (secondary N) is 2. The van der Waals surface area contributed by atoms with Crippen molar-refractivity contribution in [2.75, 3.05) is 31.5 Å². The highest BCUT2D eigenvalue weighted by atomic mass is 16.6. The minimum Gasteiger partial charge on any atom is -0.378 e. The predicted molar refractivity (Wildman–Crippen MR) is 116 cm³/mol. The molecule has 0 spiro atoms. The predicted octanol–water partition coefficient (Wildman–Crippen LogP) is 3.05. The van der Waals surface area contributed by atoms with Crippen LogP contribution in [0.1, 0.15) is 29.8 Å². The number of hydrogen-bond acceptors (Lipinski definition) is 6. The molecule has 0 aromatic heterocycles. The Morgan fingerprint density at radius 3 is 2.43 bits per heavy atom. The van der Waals surface area contributed by atoms with E-state index in [1.54, 1.807) is 18.2 Å². The lowest BCUT2D eigenvalue weighted by Crippen LogP contribution is -2.44. The van der Waals surface area contributed by atoms with Gasteiger partial charge in [-0.2, -0.15) is 0 Å². The van der Waals surface area contributed by atoms with E-state index in [2.05, 4.69) is 29.4 Å². The van der Waals surface area contributed by atoms with Crippen molar-refractivity contribution in [3.63, 3.8) is 0 Å². The van der Waals surface area contributed by atoms with Crippen LogP contribution in [0.25, 0.3) is 0 Å². The van der Waals surface area contributed by atoms with Crippen molar-refractivity contribution in [2.45, 2.75) is 32.6 Å². The Balaban J connectivity index is 1.45. The molecule has 3 rings (SSSR count). The number of hydrogen-bond donors (Lipinski definition) is 2. The zero-order valence-electron chi connectivity index (χ0n) is 17.3. The third kappa shape index (κ3) is 6.01. The van der Waals surface area contributed by atoms with Crippen LogP contribution in [0.3, 0.4) is 0 Å². The number of nitro groups is 1. The Bertz CT molecular complexity index is 862. The third-order valence-electron chi connectivity index (χ3n) is 4.94. The van der Waals surface area contributed by atoms with Crippen LogP contribution in [0.5, 0.6) is 0 Å². The number of anilines is 1. The quantitative estimate of drug-likeness (QED) is 0.393. The summed E-state index contributed by atoms with van der Waals surface area (Å²) in [6.07, 6.45) is 0.453. The number of amides is 1. The summed E-state index contributed by atoms with van der Waals surface area (Å²) in [5.41, 5.74) is 2.20. The smallest absolute Gasteiger partial charge is 0.292 e. The fourth-order valence-corrected chi connectivity index (χ4v) is 3.69. The second-order valence-corrected chi connectivity index (χ2v) is 7.61. The van der Waals surface area contributed by atoms with E-state index in [4.69, 9.17) is 4.74 Å². The largest absolute Gasteiger partial charge is 0.378 e. The van der Waals surface area contributed by atoms with Gasteiger partial charge in [-0.05, 0) is 37.6 Å². The van der Waals surface area contributed by atoms with E-state index < -0.39 is 4.92 Å². The zero-order chi connectivity index (χ0) is 21.5. The lowest BCUT2D eigenvalue weighted by molar-refractivity contribution is -0.384. The van der Waals surface area contributed by atoms with Gasteiger partial charge in [0.1, 0.15) is 5.69 Å². The summed E-state index contributed by atoms with van der Waals surface area (Å²) in [4.78, 5) is 25.3. The second-order valence-electron chi connectivity index (χ2n) is 7.61.